The van der Waals surface area contributed by atoms with Crippen LogP contribution < -0.4 is 5.73 Å². The van der Waals surface area contributed by atoms with E-state index in [1.807, 2.05) is 0 Å². The maximum atomic E-state index is 10.6. The molecule has 4 heteroatoms. The smallest absolute Gasteiger partial charge is 0.225 e. The second-order valence-electron chi connectivity index (χ2n) is 2.19. The van der Waals surface area contributed by atoms with Crippen molar-refractivity contribution in [2.24, 2.45) is 11.1 Å². The molecule has 0 saturated carbocycles. The highest BCUT2D eigenvalue weighted by Gasteiger charge is 2.27. The lowest BCUT2D eigenvalue weighted by atomic mass is 9.96. The first kappa shape index (κ1) is 9.43. The Hall–Kier alpha value is 0.430. The maximum absolute atomic E-state index is 10.6. The normalized spacial score (nSPS) is 11.4. The number of carbonyl (C=O) groups is 1. The lowest BCUT2D eigenvalue weighted by molar-refractivity contribution is -0.124. The van der Waals surface area contributed by atoms with Gasteiger partial charge in [0.1, 0.15) is 0 Å². The molecule has 0 aromatic carbocycles. The van der Waals surface area contributed by atoms with Crippen molar-refractivity contribution in [2.45, 2.75) is 6.92 Å². The second kappa shape index (κ2) is 3.56. The molecule has 0 saturated heterocycles. The summed E-state index contributed by atoms with van der Waals surface area (Å²) in [6.07, 6.45) is 0. The van der Waals surface area contributed by atoms with Gasteiger partial charge in [0.2, 0.25) is 5.91 Å². The molecule has 0 spiro atoms. The molecule has 0 radical (unpaired) electrons. The third kappa shape index (κ3) is 2.26. The lowest BCUT2D eigenvalue weighted by Crippen LogP contribution is -2.37. The summed E-state index contributed by atoms with van der Waals surface area (Å²) in [7, 11) is 0. The monoisotopic (exact) mass is 257 g/mol. The van der Waals surface area contributed by atoms with E-state index < -0.39 is 5.41 Å². The summed E-state index contributed by atoms with van der Waals surface area (Å²) in [5.41, 5.74) is 4.65. The highest BCUT2D eigenvalue weighted by atomic mass is 79.9. The lowest BCUT2D eigenvalue weighted by Gasteiger charge is -2.18. The fourth-order valence-electron chi connectivity index (χ4n) is 0.167. The van der Waals surface area contributed by atoms with Gasteiger partial charge in [0, 0.05) is 10.7 Å². The van der Waals surface area contributed by atoms with Gasteiger partial charge in [-0.1, -0.05) is 31.9 Å². The highest BCUT2D eigenvalue weighted by Crippen LogP contribution is 2.20. The number of primary amides is 1. The Morgan fingerprint density at radius 1 is 1.56 bits per heavy atom. The van der Waals surface area contributed by atoms with Crippen LogP contribution in [0.15, 0.2) is 0 Å². The van der Waals surface area contributed by atoms with Crippen molar-refractivity contribution in [2.75, 3.05) is 10.7 Å². The largest absolute Gasteiger partial charge is 0.369 e. The summed E-state index contributed by atoms with van der Waals surface area (Å²) in [5.74, 6) is -0.281. The minimum atomic E-state index is -0.444. The topological polar surface area (TPSA) is 43.1 Å². The molecule has 0 rings (SSSR count). The summed E-state index contributed by atoms with van der Waals surface area (Å²) >= 11 is 6.40. The molecule has 0 aliphatic carbocycles. The van der Waals surface area contributed by atoms with Crippen molar-refractivity contribution in [1.29, 1.82) is 0 Å². The van der Waals surface area contributed by atoms with Crippen molar-refractivity contribution < 1.29 is 4.79 Å². The number of nitrogens with two attached hydrogens (primary N) is 1. The van der Waals surface area contributed by atoms with E-state index in [0.29, 0.717) is 10.7 Å². The first-order valence-corrected chi connectivity index (χ1v) is 4.73. The summed E-state index contributed by atoms with van der Waals surface area (Å²) in [4.78, 5) is 10.6. The van der Waals surface area contributed by atoms with Gasteiger partial charge in [0.25, 0.3) is 0 Å². The molecule has 0 fully saturated rings. The summed E-state index contributed by atoms with van der Waals surface area (Å²) in [6.45, 7) is 1.80. The molecular formula is C5H9Br2NO. The van der Waals surface area contributed by atoms with Crippen molar-refractivity contribution in [3.63, 3.8) is 0 Å². The van der Waals surface area contributed by atoms with Crippen LogP contribution >= 0.6 is 31.9 Å². The zero-order valence-electron chi connectivity index (χ0n) is 5.16. The Labute approximate surface area is 71.4 Å². The summed E-state index contributed by atoms with van der Waals surface area (Å²) in [5, 5.41) is 1.20. The van der Waals surface area contributed by atoms with Crippen molar-refractivity contribution in [3.05, 3.63) is 0 Å². The van der Waals surface area contributed by atoms with Crippen LogP contribution in [0.25, 0.3) is 0 Å². The minimum absolute atomic E-state index is 0.281. The van der Waals surface area contributed by atoms with Crippen LogP contribution in [0.3, 0.4) is 0 Å². The van der Waals surface area contributed by atoms with Gasteiger partial charge >= 0.3 is 0 Å². The molecular weight excluding hydrogens is 250 g/mol. The number of rotatable bonds is 3. The molecule has 0 aromatic rings. The van der Waals surface area contributed by atoms with E-state index in [4.69, 9.17) is 5.73 Å². The standard InChI is InChI=1S/C5H9Br2NO/c1-5(2-6,3-7)4(8)9/h2-3H2,1H3,(H2,8,9). The Balaban J connectivity index is 4.09. The van der Waals surface area contributed by atoms with E-state index in [1.165, 1.54) is 0 Å². The second-order valence-corrected chi connectivity index (χ2v) is 3.31. The number of halogens is 2. The van der Waals surface area contributed by atoms with E-state index in [9.17, 15) is 4.79 Å². The first-order chi connectivity index (χ1) is 4.06. The molecule has 0 aliphatic rings. The minimum Gasteiger partial charge on any atom is -0.369 e. The predicted octanol–water partition coefficient (Wildman–Crippen LogP) is 1.27. The molecule has 0 unspecified atom stereocenters. The van der Waals surface area contributed by atoms with Crippen LogP contribution in [0.5, 0.6) is 0 Å². The van der Waals surface area contributed by atoms with Crippen LogP contribution in [0, 0.1) is 5.41 Å². The summed E-state index contributed by atoms with van der Waals surface area (Å²) in [6, 6.07) is 0. The Morgan fingerprint density at radius 2 is 1.89 bits per heavy atom. The predicted molar refractivity (Wildman–Crippen MR) is 44.9 cm³/mol. The molecule has 0 bridgehead atoms. The van der Waals surface area contributed by atoms with Gasteiger partial charge in [-0.3, -0.25) is 4.79 Å². The van der Waals surface area contributed by atoms with Crippen LogP contribution in [-0.2, 0) is 4.79 Å². The van der Waals surface area contributed by atoms with Crippen molar-refractivity contribution in [3.8, 4) is 0 Å². The van der Waals surface area contributed by atoms with Crippen molar-refractivity contribution >= 4 is 37.8 Å². The van der Waals surface area contributed by atoms with Gasteiger partial charge in [-0.2, -0.15) is 0 Å². The Kier molecular flexibility index (Phi) is 3.73. The van der Waals surface area contributed by atoms with E-state index in [2.05, 4.69) is 31.9 Å². The molecule has 54 valence electrons. The molecule has 0 atom stereocenters. The molecule has 0 aliphatic heterocycles. The molecule has 2 N–H and O–H groups in total. The molecule has 0 heterocycles. The fraction of sp³-hybridized carbons (Fsp3) is 0.800. The van der Waals surface area contributed by atoms with Gasteiger partial charge in [-0.15, -0.1) is 0 Å². The summed E-state index contributed by atoms with van der Waals surface area (Å²) < 4.78 is 0. The van der Waals surface area contributed by atoms with Crippen LogP contribution in [-0.4, -0.2) is 16.6 Å². The molecule has 0 aromatic heterocycles. The van der Waals surface area contributed by atoms with E-state index >= 15 is 0 Å². The number of carbonyl (C=O) groups excluding carboxylic acids is 1. The molecule has 2 nitrogen and oxygen atoms in total. The van der Waals surface area contributed by atoms with Gasteiger partial charge in [-0.05, 0) is 6.92 Å². The highest BCUT2D eigenvalue weighted by molar-refractivity contribution is 9.09. The van der Waals surface area contributed by atoms with Crippen molar-refractivity contribution in [1.82, 2.24) is 0 Å². The molecule has 1 amide bonds. The van der Waals surface area contributed by atoms with Crippen LogP contribution in [0.1, 0.15) is 6.92 Å². The van der Waals surface area contributed by atoms with Gasteiger partial charge in [0.15, 0.2) is 0 Å². The van der Waals surface area contributed by atoms with Gasteiger partial charge < -0.3 is 5.73 Å². The average Bonchev–Trinajstić information content (AvgIpc) is 1.86. The number of alkyl halides is 2. The van der Waals surface area contributed by atoms with Crippen LogP contribution in [0.4, 0.5) is 0 Å². The van der Waals surface area contributed by atoms with Gasteiger partial charge in [-0.25, -0.2) is 0 Å². The van der Waals surface area contributed by atoms with E-state index in [1.54, 1.807) is 6.92 Å². The zero-order chi connectivity index (χ0) is 7.49. The maximum Gasteiger partial charge on any atom is 0.225 e. The van der Waals surface area contributed by atoms with Gasteiger partial charge in [0.05, 0.1) is 5.41 Å². The molecule has 9 heavy (non-hydrogen) atoms. The Morgan fingerprint density at radius 3 is 1.89 bits per heavy atom. The zero-order valence-corrected chi connectivity index (χ0v) is 8.33. The number of amides is 1. The number of hydrogen-bond donors (Lipinski definition) is 1. The first-order valence-electron chi connectivity index (χ1n) is 2.48. The quantitative estimate of drug-likeness (QED) is 0.762. The van der Waals surface area contributed by atoms with Crippen LogP contribution in [0.2, 0.25) is 0 Å². The number of hydrogen-bond acceptors (Lipinski definition) is 1. The third-order valence-corrected chi connectivity index (χ3v) is 3.66. The van der Waals surface area contributed by atoms with E-state index in [0.717, 1.165) is 0 Å². The van der Waals surface area contributed by atoms with E-state index in [-0.39, 0.29) is 5.91 Å². The third-order valence-electron chi connectivity index (χ3n) is 1.18. The Bertz CT molecular complexity index is 112. The average molecular weight is 259 g/mol. The fourth-order valence-corrected chi connectivity index (χ4v) is 1.65. The SMILES string of the molecule is CC(CBr)(CBr)C(N)=O.